The van der Waals surface area contributed by atoms with E-state index in [0.29, 0.717) is 52.5 Å². The van der Waals surface area contributed by atoms with Crippen LogP contribution in [0.2, 0.25) is 10.0 Å². The van der Waals surface area contributed by atoms with Crippen molar-refractivity contribution < 1.29 is 23.1 Å². The number of hydrogen-bond donors (Lipinski definition) is 3. The number of sulfonamides is 1. The number of nitrogens with zero attached hydrogens (tertiary/aromatic N) is 1. The highest BCUT2D eigenvalue weighted by Gasteiger charge is 2.49. The minimum Gasteiger partial charge on any atom is -0.508 e. The van der Waals surface area contributed by atoms with Gasteiger partial charge in [-0.3, -0.25) is 9.59 Å². The van der Waals surface area contributed by atoms with Crippen LogP contribution in [0.4, 0.5) is 0 Å². The van der Waals surface area contributed by atoms with Crippen LogP contribution in [-0.2, 0) is 21.2 Å². The zero-order valence-corrected chi connectivity index (χ0v) is 25.4. The van der Waals surface area contributed by atoms with Gasteiger partial charge in [-0.25, -0.2) is 13.1 Å². The second-order valence-corrected chi connectivity index (χ2v) is 13.6. The van der Waals surface area contributed by atoms with E-state index in [9.17, 15) is 23.1 Å². The van der Waals surface area contributed by atoms with Crippen molar-refractivity contribution >= 4 is 45.0 Å². The Morgan fingerprint density at radius 2 is 1.76 bits per heavy atom. The maximum atomic E-state index is 14.3. The Bertz CT molecular complexity index is 1600. The van der Waals surface area contributed by atoms with Crippen LogP contribution in [0.1, 0.15) is 64.7 Å². The first kappa shape index (κ1) is 30.4. The van der Waals surface area contributed by atoms with Gasteiger partial charge < -0.3 is 15.3 Å². The maximum Gasteiger partial charge on any atom is 0.255 e. The normalized spacial score (nSPS) is 22.5. The highest BCUT2D eigenvalue weighted by atomic mass is 35.5. The number of carbonyl (C=O) groups is 2. The lowest BCUT2D eigenvalue weighted by Crippen LogP contribution is -2.59. The molecule has 3 N–H and O–H groups in total. The van der Waals surface area contributed by atoms with E-state index in [0.717, 1.165) is 24.7 Å². The summed E-state index contributed by atoms with van der Waals surface area (Å²) in [6.07, 6.45) is 4.35. The van der Waals surface area contributed by atoms with Crippen molar-refractivity contribution in [2.45, 2.75) is 56.1 Å². The summed E-state index contributed by atoms with van der Waals surface area (Å²) in [6.45, 7) is 0.303. The lowest BCUT2D eigenvalue weighted by atomic mass is 9.76. The summed E-state index contributed by atoms with van der Waals surface area (Å²) < 4.78 is 27.4. The highest BCUT2D eigenvalue weighted by Crippen LogP contribution is 2.47. The number of rotatable bonds is 8. The van der Waals surface area contributed by atoms with E-state index < -0.39 is 34.1 Å². The van der Waals surface area contributed by atoms with Crippen molar-refractivity contribution in [1.82, 2.24) is 14.9 Å². The molecule has 2 amide bonds. The largest absolute Gasteiger partial charge is 0.508 e. The van der Waals surface area contributed by atoms with E-state index in [4.69, 9.17) is 23.2 Å². The smallest absolute Gasteiger partial charge is 0.255 e. The molecule has 8 nitrogen and oxygen atoms in total. The number of benzene rings is 3. The summed E-state index contributed by atoms with van der Waals surface area (Å²) in [6, 6.07) is 17.1. The second-order valence-electron chi connectivity index (χ2n) is 10.9. The summed E-state index contributed by atoms with van der Waals surface area (Å²) >= 11 is 13.0. The zero-order chi connectivity index (χ0) is 30.0. The molecule has 0 aromatic heterocycles. The fourth-order valence-corrected chi connectivity index (χ4v) is 7.63. The molecular weight excluding hydrogens is 597 g/mol. The molecule has 1 fully saturated rings. The van der Waals surface area contributed by atoms with Gasteiger partial charge in [-0.2, -0.15) is 0 Å². The minimum atomic E-state index is -3.57. The highest BCUT2D eigenvalue weighted by molar-refractivity contribution is 7.88. The number of carbonyl (C=O) groups excluding carboxylic acids is 2. The topological polar surface area (TPSA) is 116 Å². The number of phenolic OH excluding ortho intramolecular Hbond substituents is 1. The number of aromatic hydroxyl groups is 1. The third-order valence-electron chi connectivity index (χ3n) is 8.02. The minimum absolute atomic E-state index is 0.149. The molecule has 0 spiro atoms. The number of fused-ring (bicyclic) bond motifs is 1. The van der Waals surface area contributed by atoms with Crippen LogP contribution in [0, 0.1) is 0 Å². The van der Waals surface area contributed by atoms with Crippen molar-refractivity contribution in [3.63, 3.8) is 0 Å². The Morgan fingerprint density at radius 1 is 1.00 bits per heavy atom. The van der Waals surface area contributed by atoms with Gasteiger partial charge in [-0.15, -0.1) is 0 Å². The molecule has 1 aliphatic heterocycles. The first-order chi connectivity index (χ1) is 20.0. The Balaban J connectivity index is 1.59. The maximum absolute atomic E-state index is 14.3. The average Bonchev–Trinajstić information content (AvgIpc) is 2.93. The van der Waals surface area contributed by atoms with Crippen LogP contribution >= 0.6 is 23.2 Å². The first-order valence-corrected chi connectivity index (χ1v) is 16.6. The summed E-state index contributed by atoms with van der Waals surface area (Å²) in [4.78, 5) is 30.1. The third kappa shape index (κ3) is 6.59. The molecule has 11 heteroatoms. The fraction of sp³-hybridized carbons (Fsp3) is 0.355. The Hall–Kier alpha value is -3.11. The van der Waals surface area contributed by atoms with Gasteiger partial charge >= 0.3 is 0 Å². The van der Waals surface area contributed by atoms with Crippen molar-refractivity contribution in [3.8, 4) is 5.75 Å². The van der Waals surface area contributed by atoms with E-state index >= 15 is 0 Å². The standard InChI is InChI=1S/C31H33Cl2N3O5S/c1-42(40,41)35-26-11-4-5-12-27(26)36-29(24-14-13-20(32)18-25(24)33)28(22-9-2-3-10-23(22)31(36)39)30(38)34-16-15-19-7-6-8-21(37)17-19/h2-3,6-10,13-14,17-18,26-29,35,37H,4-5,11-12,15-16H2,1H3,(H,34,38)/t26-,27-,28+,29-/m0/s1. The molecule has 5 rings (SSSR count). The average molecular weight is 631 g/mol. The lowest BCUT2D eigenvalue weighted by Gasteiger charge is -2.49. The Morgan fingerprint density at radius 3 is 2.50 bits per heavy atom. The Labute approximate surface area is 256 Å². The quantitative estimate of drug-likeness (QED) is 0.317. The van der Waals surface area contributed by atoms with Crippen LogP contribution in [0.3, 0.4) is 0 Å². The molecule has 4 atom stereocenters. The van der Waals surface area contributed by atoms with Crippen LogP contribution in [0.5, 0.6) is 5.75 Å². The van der Waals surface area contributed by atoms with Crippen molar-refractivity contribution in [1.29, 1.82) is 0 Å². The number of phenols is 1. The van der Waals surface area contributed by atoms with E-state index in [-0.39, 0.29) is 17.6 Å². The molecule has 3 aromatic rings. The molecule has 3 aromatic carbocycles. The molecule has 0 unspecified atom stereocenters. The number of amides is 2. The van der Waals surface area contributed by atoms with Crippen molar-refractivity contribution in [2.24, 2.45) is 0 Å². The predicted octanol–water partition coefficient (Wildman–Crippen LogP) is 5.20. The van der Waals surface area contributed by atoms with Crippen molar-refractivity contribution in [3.05, 3.63) is 99.0 Å². The van der Waals surface area contributed by atoms with Gasteiger partial charge in [0.25, 0.3) is 5.91 Å². The number of hydrogen-bond acceptors (Lipinski definition) is 5. The van der Waals surface area contributed by atoms with E-state index in [1.54, 1.807) is 65.6 Å². The second kappa shape index (κ2) is 12.6. The number of halogens is 2. The first-order valence-electron chi connectivity index (χ1n) is 13.9. The Kier molecular flexibility index (Phi) is 9.13. The predicted molar refractivity (Wildman–Crippen MR) is 163 cm³/mol. The molecule has 0 saturated heterocycles. The van der Waals surface area contributed by atoms with Gasteiger partial charge in [0.1, 0.15) is 5.75 Å². The van der Waals surface area contributed by atoms with Gasteiger partial charge in [0, 0.05) is 34.2 Å². The number of nitrogens with one attached hydrogen (secondary N) is 2. The van der Waals surface area contributed by atoms with Crippen LogP contribution < -0.4 is 10.0 Å². The van der Waals surface area contributed by atoms with Gasteiger partial charge in [0.05, 0.1) is 18.2 Å². The van der Waals surface area contributed by atoms with Crippen LogP contribution in [-0.4, -0.2) is 55.1 Å². The summed E-state index contributed by atoms with van der Waals surface area (Å²) in [5.41, 5.74) is 2.40. The van der Waals surface area contributed by atoms with Gasteiger partial charge in [-0.1, -0.05) is 72.4 Å². The molecule has 1 heterocycles. The molecule has 42 heavy (non-hydrogen) atoms. The van der Waals surface area contributed by atoms with Crippen molar-refractivity contribution in [2.75, 3.05) is 12.8 Å². The van der Waals surface area contributed by atoms with Gasteiger partial charge in [-0.05, 0) is 66.3 Å². The SMILES string of the molecule is CS(=O)(=O)N[C@H]1CCCC[C@@H]1N1C(=O)c2ccccc2[C@@H](C(=O)NCCc2cccc(O)c2)[C@@H]1c1ccc(Cl)cc1Cl. The summed E-state index contributed by atoms with van der Waals surface area (Å²) in [7, 11) is -3.57. The molecule has 1 saturated carbocycles. The molecular formula is C31H33Cl2N3O5S. The van der Waals surface area contributed by atoms with E-state index in [2.05, 4.69) is 10.0 Å². The van der Waals surface area contributed by atoms with E-state index in [1.165, 1.54) is 0 Å². The molecule has 1 aliphatic carbocycles. The van der Waals surface area contributed by atoms with E-state index in [1.807, 2.05) is 6.07 Å². The fourth-order valence-electron chi connectivity index (χ4n) is 6.28. The van der Waals surface area contributed by atoms with Crippen LogP contribution in [0.25, 0.3) is 0 Å². The summed E-state index contributed by atoms with van der Waals surface area (Å²) in [5.74, 6) is -1.25. The molecule has 222 valence electrons. The summed E-state index contributed by atoms with van der Waals surface area (Å²) in [5, 5.41) is 13.6. The zero-order valence-electron chi connectivity index (χ0n) is 23.1. The van der Waals surface area contributed by atoms with Gasteiger partial charge in [0.2, 0.25) is 15.9 Å². The molecule has 0 radical (unpaired) electrons. The third-order valence-corrected chi connectivity index (χ3v) is 9.31. The van der Waals surface area contributed by atoms with Crippen LogP contribution in [0.15, 0.2) is 66.7 Å². The lowest BCUT2D eigenvalue weighted by molar-refractivity contribution is -0.124. The van der Waals surface area contributed by atoms with Gasteiger partial charge in [0.15, 0.2) is 0 Å². The molecule has 0 bridgehead atoms. The monoisotopic (exact) mass is 629 g/mol. The molecule has 2 aliphatic rings.